The summed E-state index contributed by atoms with van der Waals surface area (Å²) in [5, 5.41) is 3.03. The summed E-state index contributed by atoms with van der Waals surface area (Å²) in [4.78, 5) is 12.8. The standard InChI is InChI=1S/C15H19Br2NO2/c1-20-14-8-11(16)6-7-12(14)15(19)18-9-10-4-2-3-5-13(10)17/h6-8,10,13H,2-5,9H2,1H3,(H,18,19). The Kier molecular flexibility index (Phi) is 5.90. The summed E-state index contributed by atoms with van der Waals surface area (Å²) in [5.74, 6) is 1.05. The molecular weight excluding hydrogens is 386 g/mol. The van der Waals surface area contributed by atoms with E-state index in [4.69, 9.17) is 4.74 Å². The molecule has 2 atom stereocenters. The Hall–Kier alpha value is -0.550. The zero-order valence-corrected chi connectivity index (χ0v) is 14.7. The summed E-state index contributed by atoms with van der Waals surface area (Å²) in [6.45, 7) is 0.716. The van der Waals surface area contributed by atoms with Crippen molar-refractivity contribution < 1.29 is 9.53 Å². The van der Waals surface area contributed by atoms with E-state index in [1.807, 2.05) is 12.1 Å². The minimum atomic E-state index is -0.0698. The molecule has 1 amide bonds. The van der Waals surface area contributed by atoms with Crippen LogP contribution in [0.2, 0.25) is 0 Å². The van der Waals surface area contributed by atoms with Crippen molar-refractivity contribution in [3.8, 4) is 5.75 Å². The molecule has 1 saturated carbocycles. The van der Waals surface area contributed by atoms with Gasteiger partial charge in [0.2, 0.25) is 0 Å². The lowest BCUT2D eigenvalue weighted by Crippen LogP contribution is -2.34. The van der Waals surface area contributed by atoms with Gasteiger partial charge in [-0.3, -0.25) is 4.79 Å². The van der Waals surface area contributed by atoms with Crippen molar-refractivity contribution in [1.29, 1.82) is 0 Å². The van der Waals surface area contributed by atoms with Gasteiger partial charge in [0.15, 0.2) is 0 Å². The van der Waals surface area contributed by atoms with Crippen molar-refractivity contribution in [2.24, 2.45) is 5.92 Å². The van der Waals surface area contributed by atoms with E-state index in [1.54, 1.807) is 13.2 Å². The predicted molar refractivity (Wildman–Crippen MR) is 87.7 cm³/mol. The van der Waals surface area contributed by atoms with Gasteiger partial charge in [0, 0.05) is 15.8 Å². The number of alkyl halides is 1. The molecule has 0 saturated heterocycles. The van der Waals surface area contributed by atoms with E-state index < -0.39 is 0 Å². The number of amides is 1. The van der Waals surface area contributed by atoms with Gasteiger partial charge in [-0.25, -0.2) is 0 Å². The number of hydrogen-bond acceptors (Lipinski definition) is 2. The Bertz CT molecular complexity index is 479. The molecule has 0 heterocycles. The molecule has 0 bridgehead atoms. The highest BCUT2D eigenvalue weighted by atomic mass is 79.9. The first-order valence-electron chi connectivity index (χ1n) is 6.87. The Morgan fingerprint density at radius 3 is 2.85 bits per heavy atom. The maximum absolute atomic E-state index is 12.3. The summed E-state index contributed by atoms with van der Waals surface area (Å²) >= 11 is 7.09. The Morgan fingerprint density at radius 2 is 2.15 bits per heavy atom. The molecule has 5 heteroatoms. The lowest BCUT2D eigenvalue weighted by atomic mass is 9.89. The van der Waals surface area contributed by atoms with Gasteiger partial charge in [-0.15, -0.1) is 0 Å². The van der Waals surface area contributed by atoms with E-state index in [-0.39, 0.29) is 5.91 Å². The Morgan fingerprint density at radius 1 is 1.40 bits per heavy atom. The molecule has 0 radical (unpaired) electrons. The van der Waals surface area contributed by atoms with E-state index in [0.29, 0.717) is 28.6 Å². The van der Waals surface area contributed by atoms with Gasteiger partial charge >= 0.3 is 0 Å². The van der Waals surface area contributed by atoms with Gasteiger partial charge in [-0.05, 0) is 37.0 Å². The normalized spacial score (nSPS) is 22.4. The SMILES string of the molecule is COc1cc(Br)ccc1C(=O)NCC1CCCCC1Br. The molecule has 2 unspecified atom stereocenters. The first kappa shape index (κ1) is 15.8. The minimum absolute atomic E-state index is 0.0698. The summed E-state index contributed by atoms with van der Waals surface area (Å²) in [5.41, 5.74) is 0.581. The summed E-state index contributed by atoms with van der Waals surface area (Å²) < 4.78 is 6.16. The minimum Gasteiger partial charge on any atom is -0.496 e. The molecule has 1 aliphatic carbocycles. The van der Waals surface area contributed by atoms with Crippen LogP contribution in [0.4, 0.5) is 0 Å². The summed E-state index contributed by atoms with van der Waals surface area (Å²) in [6.07, 6.45) is 4.90. The van der Waals surface area contributed by atoms with Crippen molar-refractivity contribution in [1.82, 2.24) is 5.32 Å². The highest BCUT2D eigenvalue weighted by molar-refractivity contribution is 9.10. The van der Waals surface area contributed by atoms with Gasteiger partial charge < -0.3 is 10.1 Å². The monoisotopic (exact) mass is 403 g/mol. The third kappa shape index (κ3) is 3.98. The van der Waals surface area contributed by atoms with Gasteiger partial charge in [0.25, 0.3) is 5.91 Å². The highest BCUT2D eigenvalue weighted by Crippen LogP contribution is 2.29. The topological polar surface area (TPSA) is 38.3 Å². The summed E-state index contributed by atoms with van der Waals surface area (Å²) in [7, 11) is 1.58. The average Bonchev–Trinajstić information content (AvgIpc) is 2.46. The van der Waals surface area contributed by atoms with Crippen LogP contribution in [0.25, 0.3) is 0 Å². The molecule has 0 spiro atoms. The smallest absolute Gasteiger partial charge is 0.255 e. The molecule has 1 aliphatic rings. The molecule has 20 heavy (non-hydrogen) atoms. The van der Waals surface area contributed by atoms with Crippen LogP contribution in [-0.4, -0.2) is 24.4 Å². The number of rotatable bonds is 4. The van der Waals surface area contributed by atoms with Gasteiger partial charge in [-0.2, -0.15) is 0 Å². The molecule has 0 aliphatic heterocycles. The average molecular weight is 405 g/mol. The maximum atomic E-state index is 12.3. The molecular formula is C15H19Br2NO2. The van der Waals surface area contributed by atoms with Crippen LogP contribution in [0.5, 0.6) is 5.75 Å². The zero-order chi connectivity index (χ0) is 14.5. The van der Waals surface area contributed by atoms with Crippen LogP contribution >= 0.6 is 31.9 Å². The Balaban J connectivity index is 1.98. The van der Waals surface area contributed by atoms with Crippen LogP contribution in [0.3, 0.4) is 0 Å². The molecule has 3 nitrogen and oxygen atoms in total. The molecule has 1 N–H and O–H groups in total. The number of ether oxygens (including phenoxy) is 1. The molecule has 1 fully saturated rings. The zero-order valence-electron chi connectivity index (χ0n) is 11.5. The number of benzene rings is 1. The first-order valence-corrected chi connectivity index (χ1v) is 8.58. The fourth-order valence-corrected chi connectivity index (χ4v) is 3.68. The lowest BCUT2D eigenvalue weighted by Gasteiger charge is -2.27. The van der Waals surface area contributed by atoms with Crippen molar-refractivity contribution in [3.63, 3.8) is 0 Å². The van der Waals surface area contributed by atoms with Gasteiger partial charge in [-0.1, -0.05) is 44.7 Å². The van der Waals surface area contributed by atoms with Crippen molar-refractivity contribution in [3.05, 3.63) is 28.2 Å². The summed E-state index contributed by atoms with van der Waals surface area (Å²) in [6, 6.07) is 5.44. The fraction of sp³-hybridized carbons (Fsp3) is 0.533. The van der Waals surface area contributed by atoms with Crippen LogP contribution in [0.15, 0.2) is 22.7 Å². The number of nitrogens with one attached hydrogen (secondary N) is 1. The van der Waals surface area contributed by atoms with Crippen molar-refractivity contribution >= 4 is 37.8 Å². The third-order valence-electron chi connectivity index (χ3n) is 3.75. The number of carbonyl (C=O) groups is 1. The van der Waals surface area contributed by atoms with Gasteiger partial charge in [0.1, 0.15) is 5.75 Å². The van der Waals surface area contributed by atoms with Crippen LogP contribution in [-0.2, 0) is 0 Å². The number of carbonyl (C=O) groups excluding carboxylic acids is 1. The lowest BCUT2D eigenvalue weighted by molar-refractivity contribution is 0.0941. The van der Waals surface area contributed by atoms with Crippen molar-refractivity contribution in [2.45, 2.75) is 30.5 Å². The number of halogens is 2. The molecule has 1 aromatic carbocycles. The number of hydrogen-bond donors (Lipinski definition) is 1. The molecule has 0 aromatic heterocycles. The highest BCUT2D eigenvalue weighted by Gasteiger charge is 2.23. The van der Waals surface area contributed by atoms with E-state index in [2.05, 4.69) is 37.2 Å². The van der Waals surface area contributed by atoms with Crippen molar-refractivity contribution in [2.75, 3.05) is 13.7 Å². The number of methoxy groups -OCH3 is 1. The van der Waals surface area contributed by atoms with E-state index >= 15 is 0 Å². The molecule has 1 aromatic rings. The van der Waals surface area contributed by atoms with E-state index in [1.165, 1.54) is 25.7 Å². The van der Waals surface area contributed by atoms with Gasteiger partial charge in [0.05, 0.1) is 12.7 Å². The van der Waals surface area contributed by atoms with E-state index in [9.17, 15) is 4.79 Å². The quantitative estimate of drug-likeness (QED) is 0.765. The molecule has 2 rings (SSSR count). The largest absolute Gasteiger partial charge is 0.496 e. The maximum Gasteiger partial charge on any atom is 0.255 e. The van der Waals surface area contributed by atoms with Crippen LogP contribution < -0.4 is 10.1 Å². The second-order valence-electron chi connectivity index (χ2n) is 5.12. The van der Waals surface area contributed by atoms with E-state index in [0.717, 1.165) is 4.47 Å². The fourth-order valence-electron chi connectivity index (χ4n) is 2.56. The third-order valence-corrected chi connectivity index (χ3v) is 5.45. The first-order chi connectivity index (χ1) is 9.61. The molecule has 110 valence electrons. The Labute approximate surface area is 136 Å². The van der Waals surface area contributed by atoms with Crippen LogP contribution in [0, 0.1) is 5.92 Å². The second-order valence-corrected chi connectivity index (χ2v) is 7.21. The van der Waals surface area contributed by atoms with Crippen LogP contribution in [0.1, 0.15) is 36.0 Å². The second kappa shape index (κ2) is 7.46. The predicted octanol–water partition coefficient (Wildman–Crippen LogP) is 4.14.